The van der Waals surface area contributed by atoms with Crippen molar-refractivity contribution in [3.63, 3.8) is 0 Å². The average molecular weight is 448 g/mol. The van der Waals surface area contributed by atoms with E-state index >= 15 is 0 Å². The van der Waals surface area contributed by atoms with E-state index in [1.165, 1.54) is 0 Å². The van der Waals surface area contributed by atoms with Gasteiger partial charge in [0.25, 0.3) is 0 Å². The molecule has 4 rings (SSSR count). The van der Waals surface area contributed by atoms with Gasteiger partial charge in [0.15, 0.2) is 0 Å². The summed E-state index contributed by atoms with van der Waals surface area (Å²) in [5, 5.41) is 7.82. The molecular weight excluding hydrogens is 418 g/mol. The number of methoxy groups -OCH3 is 1. The Morgan fingerprint density at radius 1 is 0.939 bits per heavy atom. The minimum atomic E-state index is -0.667. The highest BCUT2D eigenvalue weighted by Crippen LogP contribution is 2.28. The fraction of sp³-hybridized carbons (Fsp3) is 0.308. The zero-order chi connectivity index (χ0) is 23.0. The predicted octanol–water partition coefficient (Wildman–Crippen LogP) is 2.65. The molecule has 1 saturated heterocycles. The summed E-state index contributed by atoms with van der Waals surface area (Å²) in [5.41, 5.74) is 1.94. The topological polar surface area (TPSA) is 79.9 Å². The number of hydrogen-bond acceptors (Lipinski definition) is 5. The molecule has 7 nitrogen and oxygen atoms in total. The van der Waals surface area contributed by atoms with Crippen LogP contribution in [0.2, 0.25) is 0 Å². The number of carbonyl (C=O) groups is 2. The highest BCUT2D eigenvalue weighted by molar-refractivity contribution is 6.35. The highest BCUT2D eigenvalue weighted by atomic mass is 16.5. The molecule has 3 aromatic carbocycles. The van der Waals surface area contributed by atoms with Crippen molar-refractivity contribution < 1.29 is 19.1 Å². The Morgan fingerprint density at radius 2 is 1.64 bits per heavy atom. The molecule has 1 atom stereocenters. The van der Waals surface area contributed by atoms with Crippen molar-refractivity contribution in [1.82, 2.24) is 15.5 Å². The van der Waals surface area contributed by atoms with Crippen molar-refractivity contribution in [3.05, 3.63) is 77.9 Å². The van der Waals surface area contributed by atoms with Crippen LogP contribution in [0.25, 0.3) is 10.8 Å². The average Bonchev–Trinajstić information content (AvgIpc) is 2.88. The first kappa shape index (κ1) is 22.8. The van der Waals surface area contributed by atoms with Gasteiger partial charge in [-0.05, 0) is 22.4 Å². The Hall–Kier alpha value is -3.42. The SMILES string of the molecule is COc1ccccc1CNC(=O)C(=O)NCC(c1cccc2ccccc12)N1CCOCC1. The Bertz CT molecular complexity index is 1110. The lowest BCUT2D eigenvalue weighted by Crippen LogP contribution is -2.46. The molecule has 3 aromatic rings. The van der Waals surface area contributed by atoms with E-state index in [-0.39, 0.29) is 12.6 Å². The molecule has 0 spiro atoms. The van der Waals surface area contributed by atoms with E-state index in [2.05, 4.69) is 39.8 Å². The van der Waals surface area contributed by atoms with Gasteiger partial charge in [0.05, 0.1) is 26.4 Å². The fourth-order valence-electron chi connectivity index (χ4n) is 4.24. The van der Waals surface area contributed by atoms with Gasteiger partial charge in [-0.15, -0.1) is 0 Å². The summed E-state index contributed by atoms with van der Waals surface area (Å²) < 4.78 is 10.8. The molecule has 0 saturated carbocycles. The number of fused-ring (bicyclic) bond motifs is 1. The second kappa shape index (κ2) is 10.9. The van der Waals surface area contributed by atoms with E-state index < -0.39 is 11.8 Å². The molecule has 33 heavy (non-hydrogen) atoms. The van der Waals surface area contributed by atoms with Crippen LogP contribution in [0.3, 0.4) is 0 Å². The van der Waals surface area contributed by atoms with Crippen molar-refractivity contribution in [2.24, 2.45) is 0 Å². The molecular formula is C26H29N3O4. The van der Waals surface area contributed by atoms with Gasteiger partial charge >= 0.3 is 11.8 Å². The number of morpholine rings is 1. The number of nitrogens with zero attached hydrogens (tertiary/aromatic N) is 1. The van der Waals surface area contributed by atoms with Crippen LogP contribution in [0.5, 0.6) is 5.75 Å². The van der Waals surface area contributed by atoms with Gasteiger partial charge in [0, 0.05) is 31.7 Å². The zero-order valence-electron chi connectivity index (χ0n) is 18.8. The Balaban J connectivity index is 1.45. The Kier molecular flexibility index (Phi) is 7.55. The lowest BCUT2D eigenvalue weighted by molar-refractivity contribution is -0.139. The van der Waals surface area contributed by atoms with Gasteiger partial charge in [-0.1, -0.05) is 60.7 Å². The second-order valence-electron chi connectivity index (χ2n) is 7.94. The van der Waals surface area contributed by atoms with Crippen LogP contribution in [-0.4, -0.2) is 56.7 Å². The molecule has 0 aliphatic carbocycles. The van der Waals surface area contributed by atoms with Gasteiger partial charge in [0.2, 0.25) is 0 Å². The lowest BCUT2D eigenvalue weighted by Gasteiger charge is -2.35. The molecule has 1 aliphatic rings. The molecule has 7 heteroatoms. The molecule has 172 valence electrons. The lowest BCUT2D eigenvalue weighted by atomic mass is 9.97. The van der Waals surface area contributed by atoms with Crippen molar-refractivity contribution in [2.75, 3.05) is 40.0 Å². The first-order chi connectivity index (χ1) is 16.2. The minimum absolute atomic E-state index is 0.0639. The number of ether oxygens (including phenoxy) is 2. The first-order valence-corrected chi connectivity index (χ1v) is 11.1. The number of rotatable bonds is 7. The van der Waals surface area contributed by atoms with E-state index in [1.54, 1.807) is 7.11 Å². The summed E-state index contributed by atoms with van der Waals surface area (Å²) in [6.45, 7) is 3.37. The number of hydrogen-bond donors (Lipinski definition) is 2. The van der Waals surface area contributed by atoms with E-state index in [4.69, 9.17) is 9.47 Å². The van der Waals surface area contributed by atoms with Crippen LogP contribution >= 0.6 is 0 Å². The Morgan fingerprint density at radius 3 is 2.45 bits per heavy atom. The van der Waals surface area contributed by atoms with Crippen LogP contribution in [0.15, 0.2) is 66.7 Å². The standard InChI is InChI=1S/C26H29N3O4/c1-32-24-12-5-3-8-20(24)17-27-25(30)26(31)28-18-23(29-13-15-33-16-14-29)22-11-6-9-19-7-2-4-10-21(19)22/h2-12,23H,13-18H2,1H3,(H,27,30)(H,28,31). The monoisotopic (exact) mass is 447 g/mol. The Labute approximate surface area is 193 Å². The minimum Gasteiger partial charge on any atom is -0.496 e. The quantitative estimate of drug-likeness (QED) is 0.545. The molecule has 1 unspecified atom stereocenters. The van der Waals surface area contributed by atoms with E-state index in [0.717, 1.165) is 35.0 Å². The number of carbonyl (C=O) groups excluding carboxylic acids is 2. The van der Waals surface area contributed by atoms with Gasteiger partial charge in [-0.2, -0.15) is 0 Å². The fourth-order valence-corrected chi connectivity index (χ4v) is 4.24. The number of para-hydroxylation sites is 1. The van der Waals surface area contributed by atoms with Gasteiger partial charge < -0.3 is 20.1 Å². The maximum absolute atomic E-state index is 12.6. The van der Waals surface area contributed by atoms with Crippen molar-refractivity contribution in [2.45, 2.75) is 12.6 Å². The van der Waals surface area contributed by atoms with Crippen LogP contribution < -0.4 is 15.4 Å². The molecule has 2 N–H and O–H groups in total. The summed E-state index contributed by atoms with van der Waals surface area (Å²) in [5.74, 6) is -0.649. The summed E-state index contributed by atoms with van der Waals surface area (Å²) in [4.78, 5) is 27.4. The van der Waals surface area contributed by atoms with E-state index in [1.807, 2.05) is 42.5 Å². The molecule has 0 aromatic heterocycles. The molecule has 1 aliphatic heterocycles. The van der Waals surface area contributed by atoms with E-state index in [0.29, 0.717) is 25.5 Å². The van der Waals surface area contributed by atoms with Crippen molar-refractivity contribution in [1.29, 1.82) is 0 Å². The van der Waals surface area contributed by atoms with Gasteiger partial charge in [-0.3, -0.25) is 14.5 Å². The summed E-state index contributed by atoms with van der Waals surface area (Å²) in [6, 6.07) is 21.8. The third kappa shape index (κ3) is 5.50. The highest BCUT2D eigenvalue weighted by Gasteiger charge is 2.25. The maximum atomic E-state index is 12.6. The maximum Gasteiger partial charge on any atom is 0.309 e. The van der Waals surface area contributed by atoms with Crippen molar-refractivity contribution in [3.8, 4) is 5.75 Å². The van der Waals surface area contributed by atoms with Crippen LogP contribution in [0.1, 0.15) is 17.2 Å². The number of benzene rings is 3. The second-order valence-corrected chi connectivity index (χ2v) is 7.94. The molecule has 0 bridgehead atoms. The van der Waals surface area contributed by atoms with Crippen LogP contribution in [0.4, 0.5) is 0 Å². The molecule has 1 fully saturated rings. The normalized spacial score (nSPS) is 15.1. The first-order valence-electron chi connectivity index (χ1n) is 11.1. The van der Waals surface area contributed by atoms with Gasteiger partial charge in [0.1, 0.15) is 5.75 Å². The smallest absolute Gasteiger partial charge is 0.309 e. The van der Waals surface area contributed by atoms with Crippen LogP contribution in [-0.2, 0) is 20.9 Å². The molecule has 2 amide bonds. The molecule has 1 heterocycles. The largest absolute Gasteiger partial charge is 0.496 e. The van der Waals surface area contributed by atoms with Crippen molar-refractivity contribution >= 4 is 22.6 Å². The predicted molar refractivity (Wildman–Crippen MR) is 127 cm³/mol. The number of nitrogens with one attached hydrogen (secondary N) is 2. The van der Waals surface area contributed by atoms with Gasteiger partial charge in [-0.25, -0.2) is 0 Å². The third-order valence-electron chi connectivity index (χ3n) is 5.96. The molecule has 0 radical (unpaired) electrons. The zero-order valence-corrected chi connectivity index (χ0v) is 18.8. The van der Waals surface area contributed by atoms with Crippen LogP contribution in [0, 0.1) is 0 Å². The van der Waals surface area contributed by atoms with E-state index in [9.17, 15) is 9.59 Å². The summed E-state index contributed by atoms with van der Waals surface area (Å²) in [7, 11) is 1.58. The summed E-state index contributed by atoms with van der Waals surface area (Å²) in [6.07, 6.45) is 0. The number of amides is 2. The third-order valence-corrected chi connectivity index (χ3v) is 5.96. The summed E-state index contributed by atoms with van der Waals surface area (Å²) >= 11 is 0.